The molecule has 1 aromatic carbocycles. The van der Waals surface area contributed by atoms with Crippen LogP contribution in [0.2, 0.25) is 0 Å². The SMILES string of the molecule is CCCCCCCCCCCCC(=O)N[C@H](C=O)Cc1ccccc1. The van der Waals surface area contributed by atoms with Gasteiger partial charge < -0.3 is 10.1 Å². The van der Waals surface area contributed by atoms with Gasteiger partial charge in [0, 0.05) is 6.42 Å². The van der Waals surface area contributed by atoms with Crippen molar-refractivity contribution in [2.75, 3.05) is 0 Å². The van der Waals surface area contributed by atoms with Gasteiger partial charge in [-0.2, -0.15) is 0 Å². The second-order valence-electron chi connectivity index (χ2n) is 6.93. The highest BCUT2D eigenvalue weighted by atomic mass is 16.2. The summed E-state index contributed by atoms with van der Waals surface area (Å²) in [7, 11) is 0. The van der Waals surface area contributed by atoms with E-state index in [1.807, 2.05) is 30.3 Å². The molecule has 1 amide bonds. The van der Waals surface area contributed by atoms with Crippen LogP contribution in [0.5, 0.6) is 0 Å². The maximum atomic E-state index is 12.0. The van der Waals surface area contributed by atoms with Crippen molar-refractivity contribution in [2.45, 2.75) is 90.0 Å². The molecular formula is C22H35NO2. The molecule has 140 valence electrons. The maximum Gasteiger partial charge on any atom is 0.220 e. The van der Waals surface area contributed by atoms with Crippen LogP contribution in [0.3, 0.4) is 0 Å². The Morgan fingerprint density at radius 3 is 2.04 bits per heavy atom. The summed E-state index contributed by atoms with van der Waals surface area (Å²) < 4.78 is 0. The first-order valence-electron chi connectivity index (χ1n) is 10.0. The van der Waals surface area contributed by atoms with E-state index in [9.17, 15) is 9.59 Å². The molecule has 0 saturated carbocycles. The molecule has 1 N–H and O–H groups in total. The van der Waals surface area contributed by atoms with Gasteiger partial charge in [0.25, 0.3) is 0 Å². The molecule has 0 aliphatic heterocycles. The summed E-state index contributed by atoms with van der Waals surface area (Å²) in [6.07, 6.45) is 14.5. The molecule has 0 saturated heterocycles. The van der Waals surface area contributed by atoms with Gasteiger partial charge in [0.1, 0.15) is 6.29 Å². The highest BCUT2D eigenvalue weighted by Gasteiger charge is 2.11. The maximum absolute atomic E-state index is 12.0. The number of carbonyl (C=O) groups excluding carboxylic acids is 2. The van der Waals surface area contributed by atoms with E-state index in [4.69, 9.17) is 0 Å². The average molecular weight is 346 g/mol. The summed E-state index contributed by atoms with van der Waals surface area (Å²) in [5.41, 5.74) is 1.07. The first kappa shape index (κ1) is 21.4. The number of aldehydes is 1. The van der Waals surface area contributed by atoms with Crippen molar-refractivity contribution < 1.29 is 9.59 Å². The van der Waals surface area contributed by atoms with E-state index < -0.39 is 6.04 Å². The number of nitrogens with one attached hydrogen (secondary N) is 1. The topological polar surface area (TPSA) is 46.2 Å². The van der Waals surface area contributed by atoms with E-state index in [1.165, 1.54) is 51.4 Å². The Bertz CT molecular complexity index is 458. The average Bonchev–Trinajstić information content (AvgIpc) is 2.63. The summed E-state index contributed by atoms with van der Waals surface area (Å²) in [6.45, 7) is 2.25. The smallest absolute Gasteiger partial charge is 0.220 e. The molecule has 0 aliphatic carbocycles. The summed E-state index contributed by atoms with van der Waals surface area (Å²) in [4.78, 5) is 23.1. The summed E-state index contributed by atoms with van der Waals surface area (Å²) in [6, 6.07) is 9.38. The Balaban J connectivity index is 2.03. The molecule has 0 spiro atoms. The van der Waals surface area contributed by atoms with Crippen LogP contribution < -0.4 is 5.32 Å². The second kappa shape index (κ2) is 14.7. The van der Waals surface area contributed by atoms with Gasteiger partial charge in [0.2, 0.25) is 5.91 Å². The number of unbranched alkanes of at least 4 members (excludes halogenated alkanes) is 9. The highest BCUT2D eigenvalue weighted by molar-refractivity contribution is 5.79. The molecule has 25 heavy (non-hydrogen) atoms. The van der Waals surface area contributed by atoms with Crippen LogP contribution in [0.25, 0.3) is 0 Å². The molecule has 0 fully saturated rings. The lowest BCUT2D eigenvalue weighted by Crippen LogP contribution is -2.37. The first-order chi connectivity index (χ1) is 12.3. The molecule has 0 radical (unpaired) electrons. The van der Waals surface area contributed by atoms with Gasteiger partial charge in [-0.15, -0.1) is 0 Å². The number of hydrogen-bond acceptors (Lipinski definition) is 2. The molecule has 0 heterocycles. The Morgan fingerprint density at radius 1 is 0.920 bits per heavy atom. The molecule has 0 unspecified atom stereocenters. The summed E-state index contributed by atoms with van der Waals surface area (Å²) in [5.74, 6) is -0.00685. The van der Waals surface area contributed by atoms with E-state index in [0.717, 1.165) is 24.7 Å². The molecule has 1 aromatic rings. The van der Waals surface area contributed by atoms with Gasteiger partial charge in [0.15, 0.2) is 0 Å². The fourth-order valence-corrected chi connectivity index (χ4v) is 3.05. The minimum atomic E-state index is -0.418. The monoisotopic (exact) mass is 345 g/mol. The number of benzene rings is 1. The van der Waals surface area contributed by atoms with Crippen LogP contribution in [0, 0.1) is 0 Å². The molecular weight excluding hydrogens is 310 g/mol. The van der Waals surface area contributed by atoms with Crippen LogP contribution in [0.15, 0.2) is 30.3 Å². The Kier molecular flexibility index (Phi) is 12.6. The van der Waals surface area contributed by atoms with E-state index in [1.54, 1.807) is 0 Å². The third-order valence-corrected chi connectivity index (χ3v) is 4.57. The van der Waals surface area contributed by atoms with Gasteiger partial charge in [0.05, 0.1) is 6.04 Å². The number of carbonyl (C=O) groups is 2. The number of amides is 1. The first-order valence-corrected chi connectivity index (χ1v) is 10.0. The van der Waals surface area contributed by atoms with Crippen LogP contribution in [-0.2, 0) is 16.0 Å². The normalized spacial score (nSPS) is 11.9. The quantitative estimate of drug-likeness (QED) is 0.350. The zero-order valence-corrected chi connectivity index (χ0v) is 15.8. The Morgan fingerprint density at radius 2 is 1.48 bits per heavy atom. The number of hydrogen-bond donors (Lipinski definition) is 1. The van der Waals surface area contributed by atoms with Crippen LogP contribution in [0.1, 0.15) is 83.1 Å². The zero-order chi connectivity index (χ0) is 18.2. The van der Waals surface area contributed by atoms with E-state index in [0.29, 0.717) is 12.8 Å². The third kappa shape index (κ3) is 11.5. The molecule has 1 atom stereocenters. The Hall–Kier alpha value is -1.64. The molecule has 3 heteroatoms. The summed E-state index contributed by atoms with van der Waals surface area (Å²) in [5, 5.41) is 2.84. The largest absolute Gasteiger partial charge is 0.346 e. The van der Waals surface area contributed by atoms with Gasteiger partial charge >= 0.3 is 0 Å². The second-order valence-corrected chi connectivity index (χ2v) is 6.93. The fraction of sp³-hybridized carbons (Fsp3) is 0.636. The van der Waals surface area contributed by atoms with Crippen LogP contribution >= 0.6 is 0 Å². The molecule has 0 bridgehead atoms. The molecule has 0 aliphatic rings. The Labute approximate surface area is 153 Å². The molecule has 3 nitrogen and oxygen atoms in total. The van der Waals surface area contributed by atoms with Crippen molar-refractivity contribution in [3.05, 3.63) is 35.9 Å². The highest BCUT2D eigenvalue weighted by Crippen LogP contribution is 2.11. The van der Waals surface area contributed by atoms with Crippen LogP contribution in [-0.4, -0.2) is 18.2 Å². The van der Waals surface area contributed by atoms with Crippen molar-refractivity contribution in [3.63, 3.8) is 0 Å². The predicted octanol–water partition coefficient (Wildman–Crippen LogP) is 5.22. The van der Waals surface area contributed by atoms with Gasteiger partial charge in [-0.05, 0) is 18.4 Å². The summed E-state index contributed by atoms with van der Waals surface area (Å²) >= 11 is 0. The standard InChI is InChI=1S/C22H35NO2/c1-2-3-4-5-6-7-8-9-10-14-17-22(25)23-21(19-24)18-20-15-12-11-13-16-20/h11-13,15-16,19,21H,2-10,14,17-18H2,1H3,(H,23,25)/t21-/m0/s1. The predicted molar refractivity (Wildman–Crippen MR) is 105 cm³/mol. The van der Waals surface area contributed by atoms with Crippen molar-refractivity contribution >= 4 is 12.2 Å². The van der Waals surface area contributed by atoms with Crippen molar-refractivity contribution in [1.82, 2.24) is 5.32 Å². The fourth-order valence-electron chi connectivity index (χ4n) is 3.05. The van der Waals surface area contributed by atoms with Crippen molar-refractivity contribution in [1.29, 1.82) is 0 Å². The van der Waals surface area contributed by atoms with Gasteiger partial charge in [-0.25, -0.2) is 0 Å². The lowest BCUT2D eigenvalue weighted by atomic mass is 10.0. The van der Waals surface area contributed by atoms with E-state index in [-0.39, 0.29) is 5.91 Å². The zero-order valence-electron chi connectivity index (χ0n) is 15.8. The lowest BCUT2D eigenvalue weighted by Gasteiger charge is -2.12. The van der Waals surface area contributed by atoms with Crippen LogP contribution in [0.4, 0.5) is 0 Å². The number of rotatable bonds is 15. The molecule has 0 aromatic heterocycles. The van der Waals surface area contributed by atoms with E-state index >= 15 is 0 Å². The third-order valence-electron chi connectivity index (χ3n) is 4.57. The lowest BCUT2D eigenvalue weighted by molar-refractivity contribution is -0.124. The van der Waals surface area contributed by atoms with Gasteiger partial charge in [-0.1, -0.05) is 95.0 Å². The van der Waals surface area contributed by atoms with Crippen molar-refractivity contribution in [3.8, 4) is 0 Å². The molecule has 1 rings (SSSR count). The van der Waals surface area contributed by atoms with E-state index in [2.05, 4.69) is 12.2 Å². The van der Waals surface area contributed by atoms with Crippen molar-refractivity contribution in [2.24, 2.45) is 0 Å². The van der Waals surface area contributed by atoms with Gasteiger partial charge in [-0.3, -0.25) is 4.79 Å². The minimum absolute atomic E-state index is 0.00685. The minimum Gasteiger partial charge on any atom is -0.346 e.